The number of rotatable bonds is 5. The topological polar surface area (TPSA) is 66.5 Å². The second-order valence-electron chi connectivity index (χ2n) is 6.36. The summed E-state index contributed by atoms with van der Waals surface area (Å²) in [6.07, 6.45) is 1.11. The van der Waals surface area contributed by atoms with E-state index in [-0.39, 0.29) is 5.91 Å². The Labute approximate surface area is 149 Å². The summed E-state index contributed by atoms with van der Waals surface area (Å²) < 4.78 is 25.8. The van der Waals surface area contributed by atoms with Crippen LogP contribution in [-0.2, 0) is 14.8 Å². The number of benzene rings is 2. The largest absolute Gasteiger partial charge is 0.324 e. The molecular formula is C19H24N2O3S. The maximum Gasteiger partial charge on any atom is 0.247 e. The Bertz CT molecular complexity index is 891. The molecule has 1 atom stereocenters. The van der Waals surface area contributed by atoms with Gasteiger partial charge >= 0.3 is 0 Å². The quantitative estimate of drug-likeness (QED) is 0.888. The molecule has 1 N–H and O–H groups in total. The molecule has 6 heteroatoms. The highest BCUT2D eigenvalue weighted by Gasteiger charge is 2.29. The first-order valence-corrected chi connectivity index (χ1v) is 9.88. The number of carbonyl (C=O) groups is 1. The lowest BCUT2D eigenvalue weighted by Gasteiger charge is -2.28. The van der Waals surface area contributed by atoms with Gasteiger partial charge in [-0.25, -0.2) is 8.42 Å². The van der Waals surface area contributed by atoms with Gasteiger partial charge in [0, 0.05) is 5.69 Å². The highest BCUT2D eigenvalue weighted by Crippen LogP contribution is 2.24. The molecule has 0 unspecified atom stereocenters. The number of hydrogen-bond acceptors (Lipinski definition) is 3. The van der Waals surface area contributed by atoms with E-state index in [2.05, 4.69) is 5.32 Å². The van der Waals surface area contributed by atoms with Crippen molar-refractivity contribution in [2.75, 3.05) is 15.9 Å². The zero-order valence-corrected chi connectivity index (χ0v) is 16.0. The van der Waals surface area contributed by atoms with Crippen LogP contribution in [0.2, 0.25) is 0 Å². The maximum atomic E-state index is 12.6. The Morgan fingerprint density at radius 3 is 2.28 bits per heavy atom. The van der Waals surface area contributed by atoms with E-state index >= 15 is 0 Å². The fourth-order valence-electron chi connectivity index (χ4n) is 2.64. The molecule has 0 aliphatic rings. The predicted octanol–water partition coefficient (Wildman–Crippen LogP) is 3.41. The third-order valence-corrected chi connectivity index (χ3v) is 5.36. The van der Waals surface area contributed by atoms with Crippen LogP contribution < -0.4 is 9.62 Å². The summed E-state index contributed by atoms with van der Waals surface area (Å²) >= 11 is 0. The van der Waals surface area contributed by atoms with Crippen molar-refractivity contribution in [3.05, 3.63) is 59.2 Å². The van der Waals surface area contributed by atoms with E-state index in [1.807, 2.05) is 45.0 Å². The van der Waals surface area contributed by atoms with E-state index in [1.54, 1.807) is 25.1 Å². The molecule has 2 aromatic rings. The van der Waals surface area contributed by atoms with Crippen molar-refractivity contribution >= 4 is 27.3 Å². The van der Waals surface area contributed by atoms with Crippen molar-refractivity contribution in [3.8, 4) is 0 Å². The number of amides is 1. The van der Waals surface area contributed by atoms with Gasteiger partial charge in [-0.15, -0.1) is 0 Å². The average Bonchev–Trinajstić information content (AvgIpc) is 2.49. The average molecular weight is 360 g/mol. The van der Waals surface area contributed by atoms with Crippen LogP contribution >= 0.6 is 0 Å². The highest BCUT2D eigenvalue weighted by molar-refractivity contribution is 7.92. The smallest absolute Gasteiger partial charge is 0.247 e. The fourth-order valence-corrected chi connectivity index (χ4v) is 3.81. The fraction of sp³-hybridized carbons (Fsp3) is 0.316. The number of carbonyl (C=O) groups excluding carboxylic acids is 1. The predicted molar refractivity (Wildman–Crippen MR) is 103 cm³/mol. The summed E-state index contributed by atoms with van der Waals surface area (Å²) in [4.78, 5) is 12.6. The lowest BCUT2D eigenvalue weighted by Crippen LogP contribution is -2.45. The number of aryl methyl sites for hydroxylation is 3. The van der Waals surface area contributed by atoms with Crippen molar-refractivity contribution in [2.24, 2.45) is 0 Å². The monoisotopic (exact) mass is 360 g/mol. The summed E-state index contributed by atoms with van der Waals surface area (Å²) in [7, 11) is -3.62. The number of nitrogens with zero attached hydrogens (tertiary/aromatic N) is 1. The summed E-state index contributed by atoms with van der Waals surface area (Å²) in [5, 5.41) is 2.79. The molecule has 1 amide bonds. The van der Waals surface area contributed by atoms with Gasteiger partial charge in [0.15, 0.2) is 0 Å². The van der Waals surface area contributed by atoms with Crippen molar-refractivity contribution in [2.45, 2.75) is 33.7 Å². The molecule has 2 aromatic carbocycles. The van der Waals surface area contributed by atoms with Crippen molar-refractivity contribution in [3.63, 3.8) is 0 Å². The van der Waals surface area contributed by atoms with Crippen LogP contribution in [-0.4, -0.2) is 26.6 Å². The molecule has 134 valence electrons. The number of nitrogens with one attached hydrogen (secondary N) is 1. The summed E-state index contributed by atoms with van der Waals surface area (Å²) in [5.74, 6) is -0.380. The minimum Gasteiger partial charge on any atom is -0.324 e. The van der Waals surface area contributed by atoms with E-state index < -0.39 is 16.1 Å². The van der Waals surface area contributed by atoms with Gasteiger partial charge in [0.1, 0.15) is 6.04 Å². The third kappa shape index (κ3) is 4.60. The Morgan fingerprint density at radius 2 is 1.72 bits per heavy atom. The van der Waals surface area contributed by atoms with Crippen LogP contribution in [0.3, 0.4) is 0 Å². The van der Waals surface area contributed by atoms with Crippen molar-refractivity contribution in [1.29, 1.82) is 0 Å². The molecule has 0 aromatic heterocycles. The SMILES string of the molecule is Cc1cccc(NC(=O)[C@H](C)N(c2ccc(C)c(C)c2)S(C)(=O)=O)c1. The second-order valence-corrected chi connectivity index (χ2v) is 8.22. The van der Waals surface area contributed by atoms with Gasteiger partial charge in [0.05, 0.1) is 11.9 Å². The van der Waals surface area contributed by atoms with Crippen LogP contribution in [0, 0.1) is 20.8 Å². The van der Waals surface area contributed by atoms with Crippen LogP contribution in [0.4, 0.5) is 11.4 Å². The Morgan fingerprint density at radius 1 is 1.04 bits per heavy atom. The van der Waals surface area contributed by atoms with E-state index in [0.717, 1.165) is 27.3 Å². The molecule has 2 rings (SSSR count). The summed E-state index contributed by atoms with van der Waals surface area (Å²) in [5.41, 5.74) is 4.17. The molecule has 0 saturated carbocycles. The molecule has 5 nitrogen and oxygen atoms in total. The van der Waals surface area contributed by atoms with E-state index in [9.17, 15) is 13.2 Å². The molecular weight excluding hydrogens is 336 g/mol. The van der Waals surface area contributed by atoms with Crippen molar-refractivity contribution in [1.82, 2.24) is 0 Å². The lowest BCUT2D eigenvalue weighted by atomic mass is 10.1. The van der Waals surface area contributed by atoms with Crippen LogP contribution in [0.25, 0.3) is 0 Å². The van der Waals surface area contributed by atoms with E-state index in [1.165, 1.54) is 0 Å². The summed E-state index contributed by atoms with van der Waals surface area (Å²) in [6, 6.07) is 11.9. The first-order valence-electron chi connectivity index (χ1n) is 8.04. The molecule has 0 spiro atoms. The van der Waals surface area contributed by atoms with Crippen LogP contribution in [0.5, 0.6) is 0 Å². The number of hydrogen-bond donors (Lipinski definition) is 1. The first kappa shape index (κ1) is 19.0. The Kier molecular flexibility index (Phi) is 5.52. The zero-order valence-electron chi connectivity index (χ0n) is 15.2. The van der Waals surface area contributed by atoms with Crippen LogP contribution in [0.15, 0.2) is 42.5 Å². The normalized spacial score (nSPS) is 12.5. The van der Waals surface area contributed by atoms with Gasteiger partial charge in [-0.1, -0.05) is 18.2 Å². The number of sulfonamides is 1. The van der Waals surface area contributed by atoms with Crippen molar-refractivity contribution < 1.29 is 13.2 Å². The molecule has 0 saturated heterocycles. The molecule has 0 fully saturated rings. The summed E-state index contributed by atoms with van der Waals surface area (Å²) in [6.45, 7) is 7.38. The Hall–Kier alpha value is -2.34. The van der Waals surface area contributed by atoms with Gasteiger partial charge in [-0.05, 0) is 68.7 Å². The third-order valence-electron chi connectivity index (χ3n) is 4.12. The molecule has 0 aliphatic carbocycles. The van der Waals surface area contributed by atoms with Gasteiger partial charge in [-0.3, -0.25) is 9.10 Å². The standard InChI is InChI=1S/C19H24N2O3S/c1-13-7-6-8-17(11-13)20-19(22)16(4)21(25(5,23)24)18-10-9-14(2)15(3)12-18/h6-12,16H,1-5H3,(H,20,22)/t16-/m0/s1. The molecule has 0 radical (unpaired) electrons. The second kappa shape index (κ2) is 7.27. The van der Waals surface area contributed by atoms with Gasteiger partial charge < -0.3 is 5.32 Å². The Balaban J connectivity index is 2.34. The van der Waals surface area contributed by atoms with Gasteiger partial charge in [0.2, 0.25) is 15.9 Å². The van der Waals surface area contributed by atoms with Gasteiger partial charge in [-0.2, -0.15) is 0 Å². The minimum atomic E-state index is -3.62. The molecule has 25 heavy (non-hydrogen) atoms. The highest BCUT2D eigenvalue weighted by atomic mass is 32.2. The first-order chi connectivity index (χ1) is 11.6. The molecule has 0 aliphatic heterocycles. The molecule has 0 bridgehead atoms. The van der Waals surface area contributed by atoms with Crippen LogP contribution in [0.1, 0.15) is 23.6 Å². The van der Waals surface area contributed by atoms with E-state index in [0.29, 0.717) is 11.4 Å². The maximum absolute atomic E-state index is 12.6. The minimum absolute atomic E-state index is 0.380. The molecule has 0 heterocycles. The lowest BCUT2D eigenvalue weighted by molar-refractivity contribution is -0.116. The number of anilines is 2. The zero-order chi connectivity index (χ0) is 18.8. The van der Waals surface area contributed by atoms with Gasteiger partial charge in [0.25, 0.3) is 0 Å². The van der Waals surface area contributed by atoms with E-state index in [4.69, 9.17) is 0 Å².